The molecule has 0 spiro atoms. The van der Waals surface area contributed by atoms with Crippen LogP contribution in [0.15, 0.2) is 57.5 Å². The Labute approximate surface area is 124 Å². The first-order valence-electron chi connectivity index (χ1n) is 5.80. The highest BCUT2D eigenvalue weighted by Gasteiger charge is 2.11. The predicted molar refractivity (Wildman–Crippen MR) is 81.8 cm³/mol. The first kappa shape index (κ1) is 13.8. The zero-order chi connectivity index (χ0) is 13.0. The first-order chi connectivity index (χ1) is 8.69. The zero-order valence-electron chi connectivity index (χ0n) is 9.81. The Balaban J connectivity index is 2.19. The molecular formula is C15H14Br2O. The molecule has 1 N–H and O–H groups in total. The van der Waals surface area contributed by atoms with E-state index >= 15 is 0 Å². The minimum absolute atomic E-state index is 0.136. The van der Waals surface area contributed by atoms with Gasteiger partial charge in [-0.3, -0.25) is 0 Å². The highest BCUT2D eigenvalue weighted by molar-refractivity contribution is 9.10. The molecule has 1 atom stereocenters. The van der Waals surface area contributed by atoms with Crippen molar-refractivity contribution >= 4 is 31.9 Å². The van der Waals surface area contributed by atoms with E-state index in [1.165, 1.54) is 5.56 Å². The number of benzene rings is 2. The van der Waals surface area contributed by atoms with Gasteiger partial charge < -0.3 is 5.11 Å². The van der Waals surface area contributed by atoms with E-state index in [1.54, 1.807) is 0 Å². The highest BCUT2D eigenvalue weighted by Crippen LogP contribution is 2.24. The third-order valence-electron chi connectivity index (χ3n) is 2.91. The van der Waals surface area contributed by atoms with Gasteiger partial charge in [0.1, 0.15) is 0 Å². The molecule has 1 nitrogen and oxygen atoms in total. The zero-order valence-corrected chi connectivity index (χ0v) is 13.0. The van der Waals surface area contributed by atoms with E-state index in [9.17, 15) is 5.11 Å². The van der Waals surface area contributed by atoms with Gasteiger partial charge >= 0.3 is 0 Å². The van der Waals surface area contributed by atoms with Crippen molar-refractivity contribution < 1.29 is 5.11 Å². The molecule has 0 heterocycles. The molecule has 2 aromatic rings. The van der Waals surface area contributed by atoms with Gasteiger partial charge in [0.25, 0.3) is 0 Å². The van der Waals surface area contributed by atoms with Crippen molar-refractivity contribution in [2.24, 2.45) is 0 Å². The minimum atomic E-state index is 0.136. The van der Waals surface area contributed by atoms with Crippen molar-refractivity contribution in [2.45, 2.75) is 12.3 Å². The van der Waals surface area contributed by atoms with Crippen LogP contribution in [0.5, 0.6) is 0 Å². The SMILES string of the molecule is OCC(Cc1cccc(Br)c1)c1cccc(Br)c1. The van der Waals surface area contributed by atoms with E-state index in [1.807, 2.05) is 24.3 Å². The lowest BCUT2D eigenvalue weighted by Gasteiger charge is -2.15. The van der Waals surface area contributed by atoms with Crippen molar-refractivity contribution in [2.75, 3.05) is 6.61 Å². The monoisotopic (exact) mass is 368 g/mol. The van der Waals surface area contributed by atoms with Crippen LogP contribution in [-0.4, -0.2) is 11.7 Å². The van der Waals surface area contributed by atoms with Crippen LogP contribution in [0.2, 0.25) is 0 Å². The number of aliphatic hydroxyl groups is 1. The maximum atomic E-state index is 9.57. The molecule has 3 heteroatoms. The predicted octanol–water partition coefficient (Wildman–Crippen LogP) is 4.53. The van der Waals surface area contributed by atoms with Crippen LogP contribution in [0.25, 0.3) is 0 Å². The Kier molecular flexibility index (Phi) is 4.98. The summed E-state index contributed by atoms with van der Waals surface area (Å²) < 4.78 is 2.12. The van der Waals surface area contributed by atoms with E-state index in [4.69, 9.17) is 0 Å². The summed E-state index contributed by atoms with van der Waals surface area (Å²) in [5.74, 6) is 0.136. The second-order valence-corrected chi connectivity index (χ2v) is 6.10. The van der Waals surface area contributed by atoms with Crippen LogP contribution in [0, 0.1) is 0 Å². The van der Waals surface area contributed by atoms with Gasteiger partial charge in [0.2, 0.25) is 0 Å². The van der Waals surface area contributed by atoms with Gasteiger partial charge in [-0.2, -0.15) is 0 Å². The van der Waals surface area contributed by atoms with E-state index in [0.717, 1.165) is 20.9 Å². The van der Waals surface area contributed by atoms with Crippen LogP contribution in [-0.2, 0) is 6.42 Å². The molecule has 0 bridgehead atoms. The molecule has 94 valence electrons. The second-order valence-electron chi connectivity index (χ2n) is 4.27. The molecule has 0 saturated carbocycles. The Morgan fingerprint density at radius 1 is 0.944 bits per heavy atom. The van der Waals surface area contributed by atoms with Gasteiger partial charge in [0.05, 0.1) is 6.61 Å². The van der Waals surface area contributed by atoms with Crippen molar-refractivity contribution in [1.82, 2.24) is 0 Å². The summed E-state index contributed by atoms with van der Waals surface area (Å²) >= 11 is 6.94. The third kappa shape index (κ3) is 3.67. The van der Waals surface area contributed by atoms with Gasteiger partial charge in [0, 0.05) is 14.9 Å². The summed E-state index contributed by atoms with van der Waals surface area (Å²) in [7, 11) is 0. The molecule has 0 fully saturated rings. The van der Waals surface area contributed by atoms with Gasteiger partial charge in [-0.05, 0) is 41.8 Å². The molecule has 2 aromatic carbocycles. The summed E-state index contributed by atoms with van der Waals surface area (Å²) in [6.45, 7) is 0.156. The highest BCUT2D eigenvalue weighted by atomic mass is 79.9. The Morgan fingerprint density at radius 3 is 2.22 bits per heavy atom. The second kappa shape index (κ2) is 6.50. The summed E-state index contributed by atoms with van der Waals surface area (Å²) in [6, 6.07) is 16.3. The van der Waals surface area contributed by atoms with E-state index in [0.29, 0.717) is 0 Å². The number of hydrogen-bond donors (Lipinski definition) is 1. The van der Waals surface area contributed by atoms with Crippen molar-refractivity contribution in [1.29, 1.82) is 0 Å². The van der Waals surface area contributed by atoms with Crippen molar-refractivity contribution in [3.63, 3.8) is 0 Å². The molecule has 0 aliphatic rings. The lowest BCUT2D eigenvalue weighted by molar-refractivity contribution is 0.264. The largest absolute Gasteiger partial charge is 0.396 e. The van der Waals surface area contributed by atoms with Gasteiger partial charge in [-0.25, -0.2) is 0 Å². The van der Waals surface area contributed by atoms with Gasteiger partial charge in [-0.1, -0.05) is 56.1 Å². The number of aliphatic hydroxyl groups excluding tert-OH is 1. The molecule has 18 heavy (non-hydrogen) atoms. The molecule has 0 radical (unpaired) electrons. The smallest absolute Gasteiger partial charge is 0.0502 e. The van der Waals surface area contributed by atoms with Crippen LogP contribution < -0.4 is 0 Å². The summed E-state index contributed by atoms with van der Waals surface area (Å²) in [4.78, 5) is 0. The average molecular weight is 370 g/mol. The molecule has 0 aliphatic heterocycles. The van der Waals surface area contributed by atoms with E-state index < -0.39 is 0 Å². The first-order valence-corrected chi connectivity index (χ1v) is 7.38. The molecule has 1 unspecified atom stereocenters. The molecule has 0 saturated heterocycles. The van der Waals surface area contributed by atoms with Crippen molar-refractivity contribution in [3.05, 3.63) is 68.6 Å². The molecule has 0 aromatic heterocycles. The molecule has 2 rings (SSSR count). The molecule has 0 aliphatic carbocycles. The van der Waals surface area contributed by atoms with E-state index in [-0.39, 0.29) is 12.5 Å². The number of rotatable bonds is 4. The molecule has 0 amide bonds. The number of hydrogen-bond acceptors (Lipinski definition) is 1. The summed E-state index contributed by atoms with van der Waals surface area (Å²) in [6.07, 6.45) is 0.840. The lowest BCUT2D eigenvalue weighted by Crippen LogP contribution is -2.07. The lowest BCUT2D eigenvalue weighted by atomic mass is 9.93. The third-order valence-corrected chi connectivity index (χ3v) is 3.90. The number of halogens is 2. The quantitative estimate of drug-likeness (QED) is 0.839. The fourth-order valence-corrected chi connectivity index (χ4v) is 2.86. The van der Waals surface area contributed by atoms with Gasteiger partial charge in [0.15, 0.2) is 0 Å². The normalized spacial score (nSPS) is 12.4. The van der Waals surface area contributed by atoms with Crippen LogP contribution >= 0.6 is 31.9 Å². The average Bonchev–Trinajstić information content (AvgIpc) is 2.36. The van der Waals surface area contributed by atoms with Crippen LogP contribution in [0.3, 0.4) is 0 Å². The van der Waals surface area contributed by atoms with Crippen LogP contribution in [0.4, 0.5) is 0 Å². The van der Waals surface area contributed by atoms with Gasteiger partial charge in [-0.15, -0.1) is 0 Å². The fourth-order valence-electron chi connectivity index (χ4n) is 2.00. The Hall–Kier alpha value is -0.640. The Morgan fingerprint density at radius 2 is 1.61 bits per heavy atom. The van der Waals surface area contributed by atoms with E-state index in [2.05, 4.69) is 56.1 Å². The molecular weight excluding hydrogens is 356 g/mol. The maximum Gasteiger partial charge on any atom is 0.0502 e. The summed E-state index contributed by atoms with van der Waals surface area (Å²) in [5, 5.41) is 9.57. The fraction of sp³-hybridized carbons (Fsp3) is 0.200. The Bertz CT molecular complexity index is 525. The topological polar surface area (TPSA) is 20.2 Å². The van der Waals surface area contributed by atoms with Crippen LogP contribution in [0.1, 0.15) is 17.0 Å². The maximum absolute atomic E-state index is 9.57. The standard InChI is InChI=1S/C15H14Br2O/c16-14-5-1-3-11(8-14)7-13(10-18)12-4-2-6-15(17)9-12/h1-6,8-9,13,18H,7,10H2. The minimum Gasteiger partial charge on any atom is -0.396 e. The van der Waals surface area contributed by atoms with Crippen molar-refractivity contribution in [3.8, 4) is 0 Å². The summed E-state index contributed by atoms with van der Waals surface area (Å²) in [5.41, 5.74) is 2.38.